The van der Waals surface area contributed by atoms with Crippen LogP contribution in [0, 0.1) is 12.7 Å². The minimum atomic E-state index is -3.65. The molecule has 2 aromatic rings. The zero-order valence-electron chi connectivity index (χ0n) is 13.8. The lowest BCUT2D eigenvalue weighted by Crippen LogP contribution is -2.33. The molecule has 1 N–H and O–H groups in total. The van der Waals surface area contributed by atoms with Crippen molar-refractivity contribution in [2.75, 3.05) is 22.4 Å². The summed E-state index contributed by atoms with van der Waals surface area (Å²) in [4.78, 5) is 12.2. The molecule has 134 valence electrons. The second-order valence-corrected chi connectivity index (χ2v) is 7.84. The van der Waals surface area contributed by atoms with Crippen molar-refractivity contribution in [2.45, 2.75) is 13.3 Å². The molecule has 1 amide bonds. The van der Waals surface area contributed by atoms with E-state index in [2.05, 4.69) is 5.32 Å². The molecule has 0 bridgehead atoms. The Balaban J connectivity index is 2.10. The maximum absolute atomic E-state index is 13.4. The third-order valence-electron chi connectivity index (χ3n) is 3.58. The van der Waals surface area contributed by atoms with Gasteiger partial charge in [-0.2, -0.15) is 0 Å². The average Bonchev–Trinajstić information content (AvgIpc) is 2.51. The van der Waals surface area contributed by atoms with E-state index in [1.54, 1.807) is 25.1 Å². The first-order chi connectivity index (χ1) is 11.7. The normalized spacial score (nSPS) is 11.2. The van der Waals surface area contributed by atoms with Gasteiger partial charge in [0.05, 0.1) is 11.9 Å². The highest BCUT2D eigenvalue weighted by molar-refractivity contribution is 7.92. The Morgan fingerprint density at radius 2 is 1.92 bits per heavy atom. The number of sulfonamides is 1. The minimum Gasteiger partial charge on any atom is -0.326 e. The monoisotopic (exact) mass is 384 g/mol. The molecular formula is C17H18ClFN2O3S. The number of rotatable bonds is 6. The molecule has 8 heteroatoms. The Bertz CT molecular complexity index is 887. The first-order valence-corrected chi connectivity index (χ1v) is 9.69. The van der Waals surface area contributed by atoms with Gasteiger partial charge in [0.25, 0.3) is 0 Å². The van der Waals surface area contributed by atoms with E-state index in [1.807, 2.05) is 0 Å². The standard InChI is InChI=1S/C17H18ClFN2O3S/c1-12-15(18)7-4-8-16(12)20-17(22)9-10-21(25(2,23)24)14-6-3-5-13(19)11-14/h3-8,11H,9-10H2,1-2H3,(H,20,22). The van der Waals surface area contributed by atoms with Gasteiger partial charge in [0.1, 0.15) is 5.82 Å². The van der Waals surface area contributed by atoms with Gasteiger partial charge in [0.2, 0.25) is 15.9 Å². The van der Waals surface area contributed by atoms with Crippen LogP contribution in [0.4, 0.5) is 15.8 Å². The van der Waals surface area contributed by atoms with Crippen LogP contribution < -0.4 is 9.62 Å². The molecule has 0 aromatic heterocycles. The quantitative estimate of drug-likeness (QED) is 0.827. The molecule has 2 rings (SSSR count). The summed E-state index contributed by atoms with van der Waals surface area (Å²) in [6.45, 7) is 1.67. The molecule has 0 saturated heterocycles. The summed E-state index contributed by atoms with van der Waals surface area (Å²) in [5, 5.41) is 3.23. The lowest BCUT2D eigenvalue weighted by Gasteiger charge is -2.22. The Kier molecular flexibility index (Phi) is 6.02. The van der Waals surface area contributed by atoms with E-state index in [-0.39, 0.29) is 24.6 Å². The average molecular weight is 385 g/mol. The van der Waals surface area contributed by atoms with Crippen LogP contribution >= 0.6 is 11.6 Å². The summed E-state index contributed by atoms with van der Waals surface area (Å²) in [5.74, 6) is -0.916. The van der Waals surface area contributed by atoms with Crippen LogP contribution in [0.15, 0.2) is 42.5 Å². The second kappa shape index (κ2) is 7.84. The summed E-state index contributed by atoms with van der Waals surface area (Å²) in [7, 11) is -3.65. The predicted octanol–water partition coefficient (Wildman–Crippen LogP) is 3.58. The fraction of sp³-hybridized carbons (Fsp3) is 0.235. The first-order valence-electron chi connectivity index (χ1n) is 7.47. The third-order valence-corrected chi connectivity index (χ3v) is 5.18. The van der Waals surface area contributed by atoms with Gasteiger partial charge in [-0.15, -0.1) is 0 Å². The van der Waals surface area contributed by atoms with Crippen molar-refractivity contribution in [3.63, 3.8) is 0 Å². The molecule has 0 fully saturated rings. The SMILES string of the molecule is Cc1c(Cl)cccc1NC(=O)CCN(c1cccc(F)c1)S(C)(=O)=O. The number of carbonyl (C=O) groups is 1. The Labute approximate surface area is 151 Å². The first kappa shape index (κ1) is 19.2. The van der Waals surface area contributed by atoms with Crippen molar-refractivity contribution in [1.29, 1.82) is 0 Å². The maximum atomic E-state index is 13.4. The number of benzene rings is 2. The van der Waals surface area contributed by atoms with Gasteiger partial charge in [-0.1, -0.05) is 23.7 Å². The van der Waals surface area contributed by atoms with Crippen molar-refractivity contribution in [2.24, 2.45) is 0 Å². The van der Waals surface area contributed by atoms with Gasteiger partial charge in [-0.05, 0) is 42.8 Å². The van der Waals surface area contributed by atoms with Crippen molar-refractivity contribution in [3.05, 3.63) is 58.9 Å². The molecular weight excluding hydrogens is 367 g/mol. The van der Waals surface area contributed by atoms with Crippen LogP contribution in [0.3, 0.4) is 0 Å². The summed E-state index contributed by atoms with van der Waals surface area (Å²) < 4.78 is 38.3. The van der Waals surface area contributed by atoms with Crippen LogP contribution in [-0.4, -0.2) is 27.1 Å². The number of nitrogens with one attached hydrogen (secondary N) is 1. The summed E-state index contributed by atoms with van der Waals surface area (Å²) >= 11 is 6.01. The molecule has 0 unspecified atom stereocenters. The van der Waals surface area contributed by atoms with E-state index in [0.29, 0.717) is 10.7 Å². The number of anilines is 2. The Morgan fingerprint density at radius 3 is 2.56 bits per heavy atom. The fourth-order valence-electron chi connectivity index (χ4n) is 2.28. The summed E-state index contributed by atoms with van der Waals surface area (Å²) in [5.41, 5.74) is 1.46. The van der Waals surface area contributed by atoms with Gasteiger partial charge >= 0.3 is 0 Å². The molecule has 25 heavy (non-hydrogen) atoms. The zero-order valence-corrected chi connectivity index (χ0v) is 15.4. The minimum absolute atomic E-state index is 0.0878. The molecule has 0 spiro atoms. The van der Waals surface area contributed by atoms with Gasteiger partial charge in [0, 0.05) is 23.7 Å². The van der Waals surface area contributed by atoms with E-state index >= 15 is 0 Å². The highest BCUT2D eigenvalue weighted by Gasteiger charge is 2.19. The number of halogens is 2. The number of amides is 1. The second-order valence-electron chi connectivity index (χ2n) is 5.53. The smallest absolute Gasteiger partial charge is 0.232 e. The molecule has 0 atom stereocenters. The molecule has 0 aliphatic rings. The topological polar surface area (TPSA) is 66.5 Å². The Morgan fingerprint density at radius 1 is 1.24 bits per heavy atom. The van der Waals surface area contributed by atoms with Crippen molar-refractivity contribution in [3.8, 4) is 0 Å². The van der Waals surface area contributed by atoms with E-state index in [1.165, 1.54) is 18.2 Å². The lowest BCUT2D eigenvalue weighted by atomic mass is 10.2. The van der Waals surface area contributed by atoms with E-state index in [9.17, 15) is 17.6 Å². The predicted molar refractivity (Wildman–Crippen MR) is 98.0 cm³/mol. The van der Waals surface area contributed by atoms with Crippen LogP contribution in [-0.2, 0) is 14.8 Å². The molecule has 0 saturated carbocycles. The maximum Gasteiger partial charge on any atom is 0.232 e. The molecule has 0 aliphatic carbocycles. The summed E-state index contributed by atoms with van der Waals surface area (Å²) in [6, 6.07) is 10.3. The van der Waals surface area contributed by atoms with Crippen molar-refractivity contribution < 1.29 is 17.6 Å². The van der Waals surface area contributed by atoms with Crippen LogP contribution in [0.25, 0.3) is 0 Å². The number of carbonyl (C=O) groups excluding carboxylic acids is 1. The lowest BCUT2D eigenvalue weighted by molar-refractivity contribution is -0.116. The highest BCUT2D eigenvalue weighted by atomic mass is 35.5. The number of hydrogen-bond acceptors (Lipinski definition) is 3. The van der Waals surface area contributed by atoms with Gasteiger partial charge in [-0.25, -0.2) is 12.8 Å². The van der Waals surface area contributed by atoms with Gasteiger partial charge < -0.3 is 5.32 Å². The molecule has 0 heterocycles. The molecule has 0 radical (unpaired) electrons. The van der Waals surface area contributed by atoms with E-state index in [4.69, 9.17) is 11.6 Å². The fourth-order valence-corrected chi connectivity index (χ4v) is 3.37. The third kappa shape index (κ3) is 5.17. The number of hydrogen-bond donors (Lipinski definition) is 1. The largest absolute Gasteiger partial charge is 0.326 e. The molecule has 2 aromatic carbocycles. The van der Waals surface area contributed by atoms with E-state index < -0.39 is 15.8 Å². The van der Waals surface area contributed by atoms with E-state index in [0.717, 1.165) is 22.2 Å². The van der Waals surface area contributed by atoms with Gasteiger partial charge in [0.15, 0.2) is 0 Å². The van der Waals surface area contributed by atoms with Crippen molar-refractivity contribution in [1.82, 2.24) is 0 Å². The number of nitrogens with zero attached hydrogens (tertiary/aromatic N) is 1. The van der Waals surface area contributed by atoms with Crippen LogP contribution in [0.5, 0.6) is 0 Å². The summed E-state index contributed by atoms with van der Waals surface area (Å²) in [6.07, 6.45) is 0.923. The zero-order chi connectivity index (χ0) is 18.6. The van der Waals surface area contributed by atoms with Gasteiger partial charge in [-0.3, -0.25) is 9.10 Å². The molecule has 0 aliphatic heterocycles. The highest BCUT2D eigenvalue weighted by Crippen LogP contribution is 2.23. The van der Waals surface area contributed by atoms with Crippen LogP contribution in [0.1, 0.15) is 12.0 Å². The van der Waals surface area contributed by atoms with Crippen molar-refractivity contribution >= 4 is 38.9 Å². The molecule has 5 nitrogen and oxygen atoms in total. The Hall–Kier alpha value is -2.12. The van der Waals surface area contributed by atoms with Crippen LogP contribution in [0.2, 0.25) is 5.02 Å².